The van der Waals surface area contributed by atoms with E-state index in [1.54, 1.807) is 0 Å². The number of carbonyl (C=O) groups excluding carboxylic acids is 1. The lowest BCUT2D eigenvalue weighted by atomic mass is 10.0. The molecule has 4 aromatic carbocycles. The number of ether oxygens (including phenoxy) is 2. The lowest BCUT2D eigenvalue weighted by Crippen LogP contribution is -2.30. The Morgan fingerprint density at radius 3 is 2.47 bits per heavy atom. The molecular weight excluding hydrogens is 446 g/mol. The van der Waals surface area contributed by atoms with E-state index in [4.69, 9.17) is 9.47 Å². The van der Waals surface area contributed by atoms with Gasteiger partial charge in [-0.1, -0.05) is 80.6 Å². The Morgan fingerprint density at radius 2 is 1.64 bits per heavy atom. The van der Waals surface area contributed by atoms with E-state index < -0.39 is 0 Å². The van der Waals surface area contributed by atoms with Gasteiger partial charge in [-0.05, 0) is 59.0 Å². The van der Waals surface area contributed by atoms with E-state index in [0.717, 1.165) is 22.4 Å². The van der Waals surface area contributed by atoms with E-state index in [0.29, 0.717) is 42.7 Å². The summed E-state index contributed by atoms with van der Waals surface area (Å²) in [6.45, 7) is 7.87. The van der Waals surface area contributed by atoms with Crippen LogP contribution in [0.2, 0.25) is 0 Å². The zero-order valence-corrected chi connectivity index (χ0v) is 21.0. The minimum absolute atomic E-state index is 0.0409. The van der Waals surface area contributed by atoms with E-state index in [-0.39, 0.29) is 5.91 Å². The highest BCUT2D eigenvalue weighted by molar-refractivity contribution is 6.35. The van der Waals surface area contributed by atoms with Crippen LogP contribution in [0.4, 0.5) is 5.69 Å². The molecule has 4 heteroatoms. The van der Waals surface area contributed by atoms with Crippen LogP contribution in [0.1, 0.15) is 37.5 Å². The summed E-state index contributed by atoms with van der Waals surface area (Å²) in [5.74, 6) is 1.78. The largest absolute Gasteiger partial charge is 0.490 e. The predicted molar refractivity (Wildman–Crippen MR) is 147 cm³/mol. The summed E-state index contributed by atoms with van der Waals surface area (Å²) in [6, 6.07) is 28.4. The van der Waals surface area contributed by atoms with Crippen molar-refractivity contribution >= 4 is 34.0 Å². The SMILES string of the molecule is CCOc1cc(/C=C2\C(=O)N(CC(C)C)c3ccccc32)ccc1OCc1cccc2ccccc12. The monoisotopic (exact) mass is 477 g/mol. The Kier molecular flexibility index (Phi) is 6.77. The highest BCUT2D eigenvalue weighted by Crippen LogP contribution is 2.39. The van der Waals surface area contributed by atoms with Crippen LogP contribution in [-0.4, -0.2) is 19.1 Å². The molecule has 1 heterocycles. The summed E-state index contributed by atoms with van der Waals surface area (Å²) in [5, 5.41) is 2.38. The molecule has 0 radical (unpaired) electrons. The topological polar surface area (TPSA) is 38.8 Å². The summed E-state index contributed by atoms with van der Waals surface area (Å²) < 4.78 is 12.2. The van der Waals surface area contributed by atoms with Gasteiger partial charge in [0.05, 0.1) is 12.3 Å². The highest BCUT2D eigenvalue weighted by atomic mass is 16.5. The van der Waals surface area contributed by atoms with Gasteiger partial charge in [0.25, 0.3) is 5.91 Å². The number of nitrogens with zero attached hydrogens (tertiary/aromatic N) is 1. The molecule has 1 amide bonds. The summed E-state index contributed by atoms with van der Waals surface area (Å²) >= 11 is 0. The number of hydrogen-bond donors (Lipinski definition) is 0. The molecular formula is C32H31NO3. The molecule has 0 atom stereocenters. The van der Waals surface area contributed by atoms with Crippen LogP contribution in [0, 0.1) is 5.92 Å². The lowest BCUT2D eigenvalue weighted by Gasteiger charge is -2.19. The smallest absolute Gasteiger partial charge is 0.259 e. The molecule has 0 unspecified atom stereocenters. The van der Waals surface area contributed by atoms with Gasteiger partial charge in [-0.3, -0.25) is 4.79 Å². The van der Waals surface area contributed by atoms with Gasteiger partial charge in [0.2, 0.25) is 0 Å². The van der Waals surface area contributed by atoms with Crippen molar-refractivity contribution < 1.29 is 14.3 Å². The number of para-hydroxylation sites is 1. The van der Waals surface area contributed by atoms with Gasteiger partial charge in [0, 0.05) is 17.7 Å². The van der Waals surface area contributed by atoms with Gasteiger partial charge in [-0.15, -0.1) is 0 Å². The van der Waals surface area contributed by atoms with E-state index >= 15 is 0 Å². The van der Waals surface area contributed by atoms with Gasteiger partial charge in [-0.25, -0.2) is 0 Å². The van der Waals surface area contributed by atoms with E-state index in [9.17, 15) is 4.79 Å². The maximum Gasteiger partial charge on any atom is 0.259 e. The van der Waals surface area contributed by atoms with Crippen LogP contribution < -0.4 is 14.4 Å². The number of anilines is 1. The molecule has 0 aliphatic carbocycles. The number of hydrogen-bond acceptors (Lipinski definition) is 3. The molecule has 5 rings (SSSR count). The third kappa shape index (κ3) is 4.72. The first-order valence-corrected chi connectivity index (χ1v) is 12.5. The molecule has 4 nitrogen and oxygen atoms in total. The van der Waals surface area contributed by atoms with Gasteiger partial charge in [-0.2, -0.15) is 0 Å². The van der Waals surface area contributed by atoms with Crippen LogP contribution in [0.3, 0.4) is 0 Å². The van der Waals surface area contributed by atoms with E-state index in [1.165, 1.54) is 10.8 Å². The fraction of sp³-hybridized carbons (Fsp3) is 0.219. The second-order valence-electron chi connectivity index (χ2n) is 9.45. The fourth-order valence-electron chi connectivity index (χ4n) is 4.74. The molecule has 0 aromatic heterocycles. The number of benzene rings is 4. The van der Waals surface area contributed by atoms with Crippen molar-refractivity contribution in [3.63, 3.8) is 0 Å². The zero-order chi connectivity index (χ0) is 25.1. The molecule has 0 spiro atoms. The molecule has 182 valence electrons. The molecule has 1 aliphatic rings. The lowest BCUT2D eigenvalue weighted by molar-refractivity contribution is -0.113. The maximum atomic E-state index is 13.3. The summed E-state index contributed by atoms with van der Waals surface area (Å²) in [5.41, 5.74) is 4.68. The summed E-state index contributed by atoms with van der Waals surface area (Å²) in [6.07, 6.45) is 1.96. The normalized spacial score (nSPS) is 14.1. The third-order valence-electron chi connectivity index (χ3n) is 6.35. The van der Waals surface area contributed by atoms with E-state index in [2.05, 4.69) is 44.2 Å². The van der Waals surface area contributed by atoms with Crippen LogP contribution in [0.15, 0.2) is 84.9 Å². The van der Waals surface area contributed by atoms with Crippen molar-refractivity contribution in [2.75, 3.05) is 18.1 Å². The van der Waals surface area contributed by atoms with Crippen molar-refractivity contribution in [2.24, 2.45) is 5.92 Å². The van der Waals surface area contributed by atoms with Crippen molar-refractivity contribution in [1.29, 1.82) is 0 Å². The predicted octanol–water partition coefficient (Wildman–Crippen LogP) is 7.36. The number of fused-ring (bicyclic) bond motifs is 2. The van der Waals surface area contributed by atoms with Gasteiger partial charge >= 0.3 is 0 Å². The van der Waals surface area contributed by atoms with Crippen LogP contribution in [0.25, 0.3) is 22.4 Å². The Bertz CT molecular complexity index is 1430. The molecule has 0 bridgehead atoms. The Labute approximate surface area is 212 Å². The molecule has 4 aromatic rings. The van der Waals surface area contributed by atoms with Crippen LogP contribution >= 0.6 is 0 Å². The highest BCUT2D eigenvalue weighted by Gasteiger charge is 2.32. The number of rotatable bonds is 8. The average molecular weight is 478 g/mol. The van der Waals surface area contributed by atoms with Gasteiger partial charge in [0.15, 0.2) is 11.5 Å². The Hall–Kier alpha value is -4.05. The van der Waals surface area contributed by atoms with Crippen LogP contribution in [-0.2, 0) is 11.4 Å². The molecule has 0 fully saturated rings. The van der Waals surface area contributed by atoms with Crippen molar-refractivity contribution in [3.8, 4) is 11.5 Å². The fourth-order valence-corrected chi connectivity index (χ4v) is 4.74. The summed E-state index contributed by atoms with van der Waals surface area (Å²) in [7, 11) is 0. The number of amides is 1. The van der Waals surface area contributed by atoms with Gasteiger partial charge < -0.3 is 14.4 Å². The van der Waals surface area contributed by atoms with Crippen molar-refractivity contribution in [3.05, 3.63) is 102 Å². The molecule has 0 saturated carbocycles. The molecule has 36 heavy (non-hydrogen) atoms. The minimum Gasteiger partial charge on any atom is -0.490 e. The first kappa shape index (κ1) is 23.7. The molecule has 0 saturated heterocycles. The Morgan fingerprint density at radius 1 is 0.861 bits per heavy atom. The maximum absolute atomic E-state index is 13.3. The molecule has 1 aliphatic heterocycles. The Balaban J connectivity index is 1.44. The van der Waals surface area contributed by atoms with Crippen molar-refractivity contribution in [2.45, 2.75) is 27.4 Å². The van der Waals surface area contributed by atoms with E-state index in [1.807, 2.05) is 72.5 Å². The van der Waals surface area contributed by atoms with Crippen molar-refractivity contribution in [1.82, 2.24) is 0 Å². The first-order chi connectivity index (χ1) is 17.5. The third-order valence-corrected chi connectivity index (χ3v) is 6.35. The minimum atomic E-state index is 0.0409. The van der Waals surface area contributed by atoms with Crippen LogP contribution in [0.5, 0.6) is 11.5 Å². The molecule has 0 N–H and O–H groups in total. The second-order valence-corrected chi connectivity index (χ2v) is 9.45. The first-order valence-electron chi connectivity index (χ1n) is 12.5. The quantitative estimate of drug-likeness (QED) is 0.249. The number of carbonyl (C=O) groups is 1. The summed E-state index contributed by atoms with van der Waals surface area (Å²) in [4.78, 5) is 15.2. The second kappa shape index (κ2) is 10.3. The van der Waals surface area contributed by atoms with Gasteiger partial charge in [0.1, 0.15) is 6.61 Å². The zero-order valence-electron chi connectivity index (χ0n) is 21.0. The average Bonchev–Trinajstić information content (AvgIpc) is 3.14. The standard InChI is InChI=1S/C32H31NO3/c1-4-35-31-19-23(18-28-27-14-7-8-15-29(27)33(32(28)34)20-22(2)3)16-17-30(31)36-21-25-12-9-11-24-10-5-6-13-26(24)25/h5-19,22H,4,20-21H2,1-3H3/b28-18-.